The van der Waals surface area contributed by atoms with Crippen molar-refractivity contribution in [2.24, 2.45) is 11.8 Å². The zero-order valence-corrected chi connectivity index (χ0v) is 21.5. The molecule has 1 fully saturated rings. The number of carbonyl (C=O) groups excluding carboxylic acids is 1. The molecular formula is C22H30BrFN4O4S. The Hall–Kier alpha value is -1.85. The van der Waals surface area contributed by atoms with E-state index in [1.807, 2.05) is 0 Å². The molecule has 33 heavy (non-hydrogen) atoms. The van der Waals surface area contributed by atoms with Crippen LogP contribution < -0.4 is 0 Å². The van der Waals surface area contributed by atoms with Gasteiger partial charge < -0.3 is 4.74 Å². The SMILES string of the molecule is COC(=O)[C@H](C(C)C)N(Cc1cn(CC2CCCCC2)nn1)S(=O)(=O)c1ccc(F)cc1Br. The van der Waals surface area contributed by atoms with E-state index in [0.717, 1.165) is 35.8 Å². The second kappa shape index (κ2) is 11.1. The van der Waals surface area contributed by atoms with Gasteiger partial charge >= 0.3 is 5.97 Å². The first-order chi connectivity index (χ1) is 15.6. The summed E-state index contributed by atoms with van der Waals surface area (Å²) in [7, 11) is -3.00. The number of hydrogen-bond donors (Lipinski definition) is 0. The first kappa shape index (κ1) is 25.8. The Bertz CT molecular complexity index is 1070. The standard InChI is InChI=1S/C22H30BrFN4O4S/c1-15(2)21(22(29)32-3)28(33(30,31)20-10-9-17(24)11-19(20)23)14-18-13-27(26-25-18)12-16-7-5-4-6-8-16/h9-11,13,15-16,21H,4-8,12,14H2,1-3H3/t21-/m0/s1. The fourth-order valence-electron chi connectivity index (χ4n) is 4.28. The lowest BCUT2D eigenvalue weighted by Gasteiger charge is -2.31. The monoisotopic (exact) mass is 544 g/mol. The molecule has 1 heterocycles. The van der Waals surface area contributed by atoms with Crippen LogP contribution in [0.2, 0.25) is 0 Å². The van der Waals surface area contributed by atoms with Gasteiger partial charge in [0.25, 0.3) is 0 Å². The van der Waals surface area contributed by atoms with Gasteiger partial charge in [-0.2, -0.15) is 4.31 Å². The summed E-state index contributed by atoms with van der Waals surface area (Å²) >= 11 is 3.14. The summed E-state index contributed by atoms with van der Waals surface area (Å²) in [5.74, 6) is -1.11. The molecule has 1 aromatic carbocycles. The van der Waals surface area contributed by atoms with Gasteiger partial charge in [-0.05, 0) is 58.8 Å². The third-order valence-corrected chi connectivity index (χ3v) is 8.74. The molecule has 3 rings (SSSR count). The average Bonchev–Trinajstić information content (AvgIpc) is 3.20. The van der Waals surface area contributed by atoms with Crippen LogP contribution in [-0.2, 0) is 32.6 Å². The van der Waals surface area contributed by atoms with Crippen LogP contribution in [0.4, 0.5) is 4.39 Å². The highest BCUT2D eigenvalue weighted by Gasteiger charge is 2.40. The van der Waals surface area contributed by atoms with Crippen molar-refractivity contribution in [2.45, 2.75) is 70.0 Å². The van der Waals surface area contributed by atoms with Gasteiger partial charge in [0.2, 0.25) is 10.0 Å². The molecule has 1 atom stereocenters. The van der Waals surface area contributed by atoms with Crippen LogP contribution in [0.25, 0.3) is 0 Å². The van der Waals surface area contributed by atoms with Crippen molar-refractivity contribution in [3.63, 3.8) is 0 Å². The number of carbonyl (C=O) groups is 1. The lowest BCUT2D eigenvalue weighted by molar-refractivity contribution is -0.146. The lowest BCUT2D eigenvalue weighted by Crippen LogP contribution is -2.48. The zero-order chi connectivity index (χ0) is 24.2. The number of halogens is 2. The summed E-state index contributed by atoms with van der Waals surface area (Å²) in [4.78, 5) is 12.5. The highest BCUT2D eigenvalue weighted by Crippen LogP contribution is 2.30. The van der Waals surface area contributed by atoms with Crippen LogP contribution in [-0.4, -0.2) is 46.8 Å². The predicted molar refractivity (Wildman–Crippen MR) is 124 cm³/mol. The highest BCUT2D eigenvalue weighted by molar-refractivity contribution is 9.10. The maximum Gasteiger partial charge on any atom is 0.324 e. The number of nitrogens with zero attached hydrogens (tertiary/aromatic N) is 4. The van der Waals surface area contributed by atoms with E-state index in [0.29, 0.717) is 11.6 Å². The largest absolute Gasteiger partial charge is 0.468 e. The van der Waals surface area contributed by atoms with Crippen LogP contribution in [0.1, 0.15) is 51.6 Å². The van der Waals surface area contributed by atoms with E-state index in [1.165, 1.54) is 32.4 Å². The normalized spacial score (nSPS) is 16.3. The molecule has 0 aliphatic heterocycles. The van der Waals surface area contributed by atoms with Crippen molar-refractivity contribution >= 4 is 31.9 Å². The molecule has 1 aliphatic rings. The Labute approximate surface area is 202 Å². The van der Waals surface area contributed by atoms with Gasteiger partial charge in [-0.1, -0.05) is 38.3 Å². The minimum Gasteiger partial charge on any atom is -0.468 e. The molecule has 0 radical (unpaired) electrons. The van der Waals surface area contributed by atoms with Crippen LogP contribution in [0.15, 0.2) is 33.8 Å². The maximum absolute atomic E-state index is 13.7. The number of esters is 1. The summed E-state index contributed by atoms with van der Waals surface area (Å²) < 4.78 is 48.8. The number of ether oxygens (including phenoxy) is 1. The van der Waals surface area contributed by atoms with Crippen molar-refractivity contribution in [3.8, 4) is 0 Å². The molecule has 0 bridgehead atoms. The molecule has 0 N–H and O–H groups in total. The molecule has 0 spiro atoms. The molecule has 1 saturated carbocycles. The van der Waals surface area contributed by atoms with Crippen molar-refractivity contribution < 1.29 is 22.3 Å². The van der Waals surface area contributed by atoms with Crippen LogP contribution >= 0.6 is 15.9 Å². The molecule has 0 saturated heterocycles. The fourth-order valence-corrected chi connectivity index (χ4v) is 6.97. The van der Waals surface area contributed by atoms with E-state index >= 15 is 0 Å². The first-order valence-electron chi connectivity index (χ1n) is 11.1. The fraction of sp³-hybridized carbons (Fsp3) is 0.591. The third-order valence-electron chi connectivity index (χ3n) is 5.94. The van der Waals surface area contributed by atoms with Gasteiger partial charge in [-0.25, -0.2) is 12.8 Å². The maximum atomic E-state index is 13.7. The molecule has 0 amide bonds. The Balaban J connectivity index is 1.94. The summed E-state index contributed by atoms with van der Waals surface area (Å²) in [6.45, 7) is 4.04. The molecule has 2 aromatic rings. The molecule has 182 valence electrons. The van der Waals surface area contributed by atoms with E-state index in [9.17, 15) is 17.6 Å². The minimum absolute atomic E-state index is 0.0702. The molecule has 8 nitrogen and oxygen atoms in total. The van der Waals surface area contributed by atoms with Gasteiger partial charge in [0.05, 0.1) is 24.2 Å². The van der Waals surface area contributed by atoms with Gasteiger partial charge in [0.1, 0.15) is 11.9 Å². The van der Waals surface area contributed by atoms with Crippen molar-refractivity contribution in [1.29, 1.82) is 0 Å². The number of aromatic nitrogens is 3. The molecule has 0 unspecified atom stereocenters. The Kier molecular flexibility index (Phi) is 8.63. The van der Waals surface area contributed by atoms with Crippen molar-refractivity contribution in [3.05, 3.63) is 40.4 Å². The van der Waals surface area contributed by atoms with Crippen molar-refractivity contribution in [2.75, 3.05) is 7.11 Å². The van der Waals surface area contributed by atoms with E-state index in [-0.39, 0.29) is 21.8 Å². The van der Waals surface area contributed by atoms with Crippen molar-refractivity contribution in [1.82, 2.24) is 19.3 Å². The Morgan fingerprint density at radius 1 is 1.30 bits per heavy atom. The Morgan fingerprint density at radius 3 is 2.61 bits per heavy atom. The van der Waals surface area contributed by atoms with Gasteiger partial charge in [-0.15, -0.1) is 5.10 Å². The number of benzene rings is 1. The van der Waals surface area contributed by atoms with Crippen LogP contribution in [0.3, 0.4) is 0 Å². The average molecular weight is 545 g/mol. The molecule has 1 aliphatic carbocycles. The first-order valence-corrected chi connectivity index (χ1v) is 13.3. The van der Waals surface area contributed by atoms with Gasteiger partial charge in [0.15, 0.2) is 0 Å². The number of methoxy groups -OCH3 is 1. The summed E-state index contributed by atoms with van der Waals surface area (Å²) in [5, 5.41) is 8.36. The second-order valence-corrected chi connectivity index (χ2v) is 11.5. The molecule has 1 aromatic heterocycles. The quantitative estimate of drug-likeness (QED) is 0.440. The number of rotatable bonds is 9. The molecule has 11 heteroatoms. The van der Waals surface area contributed by atoms with Crippen LogP contribution in [0, 0.1) is 17.7 Å². The van der Waals surface area contributed by atoms with E-state index < -0.39 is 27.9 Å². The number of hydrogen-bond acceptors (Lipinski definition) is 6. The lowest BCUT2D eigenvalue weighted by atomic mass is 9.89. The highest BCUT2D eigenvalue weighted by atomic mass is 79.9. The summed E-state index contributed by atoms with van der Waals surface area (Å²) in [5.41, 5.74) is 0.419. The van der Waals surface area contributed by atoms with E-state index in [4.69, 9.17) is 4.74 Å². The van der Waals surface area contributed by atoms with E-state index in [2.05, 4.69) is 26.2 Å². The van der Waals surface area contributed by atoms with E-state index in [1.54, 1.807) is 24.7 Å². The predicted octanol–water partition coefficient (Wildman–Crippen LogP) is 4.15. The zero-order valence-electron chi connectivity index (χ0n) is 19.1. The molecular weight excluding hydrogens is 515 g/mol. The smallest absolute Gasteiger partial charge is 0.324 e. The minimum atomic E-state index is -4.22. The van der Waals surface area contributed by atoms with Gasteiger partial charge in [0, 0.05) is 17.2 Å². The Morgan fingerprint density at radius 2 is 2.00 bits per heavy atom. The van der Waals surface area contributed by atoms with Gasteiger partial charge in [-0.3, -0.25) is 9.48 Å². The third kappa shape index (κ3) is 6.19. The summed E-state index contributed by atoms with van der Waals surface area (Å²) in [6.07, 6.45) is 7.69. The number of sulfonamides is 1. The summed E-state index contributed by atoms with van der Waals surface area (Å²) in [6, 6.07) is 2.23. The topological polar surface area (TPSA) is 94.4 Å². The second-order valence-electron chi connectivity index (χ2n) is 8.77. The van der Waals surface area contributed by atoms with Crippen LogP contribution in [0.5, 0.6) is 0 Å².